The summed E-state index contributed by atoms with van der Waals surface area (Å²) in [7, 11) is 2.79. The van der Waals surface area contributed by atoms with Crippen LogP contribution in [0.15, 0.2) is 6.07 Å². The van der Waals surface area contributed by atoms with Gasteiger partial charge in [-0.1, -0.05) is 0 Å². The second kappa shape index (κ2) is 2.61. The molecule has 0 saturated heterocycles. The third kappa shape index (κ3) is 1.31. The van der Waals surface area contributed by atoms with E-state index in [1.165, 1.54) is 24.9 Å². The minimum Gasteiger partial charge on any atom is -0.493 e. The number of methoxy groups -OCH3 is 1. The number of hydrogen-bond donors (Lipinski definition) is 1. The van der Waals surface area contributed by atoms with Crippen LogP contribution in [0.1, 0.15) is 10.5 Å². The van der Waals surface area contributed by atoms with Crippen LogP contribution < -0.4 is 0 Å². The van der Waals surface area contributed by atoms with Crippen molar-refractivity contribution in [3.63, 3.8) is 0 Å². The van der Waals surface area contributed by atoms with E-state index < -0.39 is 5.97 Å². The first-order valence-electron chi connectivity index (χ1n) is 2.96. The molecule has 0 aromatic carbocycles. The highest BCUT2D eigenvalue weighted by atomic mass is 16.5. The van der Waals surface area contributed by atoms with Crippen LogP contribution >= 0.6 is 0 Å². The molecule has 1 aromatic heterocycles. The first-order valence-corrected chi connectivity index (χ1v) is 2.96. The molecular formula is C6H8N2O3. The normalized spacial score (nSPS) is 9.64. The Hall–Kier alpha value is -1.52. The summed E-state index contributed by atoms with van der Waals surface area (Å²) in [5.41, 5.74) is 0.104. The SMILES string of the molecule is COC(=O)c1cc(O)n(C)n1. The quantitative estimate of drug-likeness (QED) is 0.577. The predicted octanol–water partition coefficient (Wildman–Crippen LogP) is -0.0877. The van der Waals surface area contributed by atoms with Crippen LogP contribution in [-0.4, -0.2) is 28.0 Å². The standard InChI is InChI=1S/C6H8N2O3/c1-8-5(9)3-4(7-8)6(10)11-2/h3,9H,1-2H3. The summed E-state index contributed by atoms with van der Waals surface area (Å²) in [6.45, 7) is 0. The highest BCUT2D eigenvalue weighted by molar-refractivity contribution is 5.87. The van der Waals surface area contributed by atoms with Crippen molar-refractivity contribution in [2.75, 3.05) is 7.11 Å². The summed E-state index contributed by atoms with van der Waals surface area (Å²) in [4.78, 5) is 10.8. The van der Waals surface area contributed by atoms with Crippen LogP contribution in [0.25, 0.3) is 0 Å². The van der Waals surface area contributed by atoms with Gasteiger partial charge in [0.05, 0.1) is 7.11 Å². The van der Waals surface area contributed by atoms with E-state index in [0.29, 0.717) is 0 Å². The molecule has 0 bridgehead atoms. The molecule has 1 heterocycles. The summed E-state index contributed by atoms with van der Waals surface area (Å²) < 4.78 is 5.57. The van der Waals surface area contributed by atoms with Gasteiger partial charge in [0.15, 0.2) is 5.69 Å². The molecule has 1 aromatic rings. The lowest BCUT2D eigenvalue weighted by Gasteiger charge is -1.90. The van der Waals surface area contributed by atoms with Crippen LogP contribution in [0.5, 0.6) is 5.88 Å². The van der Waals surface area contributed by atoms with Crippen molar-refractivity contribution in [3.05, 3.63) is 11.8 Å². The lowest BCUT2D eigenvalue weighted by molar-refractivity contribution is 0.0593. The van der Waals surface area contributed by atoms with Gasteiger partial charge in [-0.2, -0.15) is 5.10 Å². The second-order valence-electron chi connectivity index (χ2n) is 2.00. The minimum absolute atomic E-state index is 0.0644. The van der Waals surface area contributed by atoms with E-state index in [9.17, 15) is 4.79 Å². The van der Waals surface area contributed by atoms with Gasteiger partial charge in [0.25, 0.3) is 0 Å². The third-order valence-electron chi connectivity index (χ3n) is 1.25. The lowest BCUT2D eigenvalue weighted by atomic mass is 10.4. The molecule has 0 radical (unpaired) electrons. The lowest BCUT2D eigenvalue weighted by Crippen LogP contribution is -2.02. The van der Waals surface area contributed by atoms with Crippen LogP contribution in [0.3, 0.4) is 0 Å². The fourth-order valence-corrected chi connectivity index (χ4v) is 0.662. The van der Waals surface area contributed by atoms with Gasteiger partial charge in [0, 0.05) is 13.1 Å². The van der Waals surface area contributed by atoms with Gasteiger partial charge in [-0.3, -0.25) is 0 Å². The van der Waals surface area contributed by atoms with Gasteiger partial charge in [-0.05, 0) is 0 Å². The number of nitrogens with zero attached hydrogens (tertiary/aromatic N) is 2. The van der Waals surface area contributed by atoms with Gasteiger partial charge in [-0.25, -0.2) is 9.48 Å². The molecule has 60 valence electrons. The number of carbonyl (C=O) groups excluding carboxylic acids is 1. The van der Waals surface area contributed by atoms with Crippen LogP contribution in [0.2, 0.25) is 0 Å². The third-order valence-corrected chi connectivity index (χ3v) is 1.25. The number of ether oxygens (including phenoxy) is 1. The smallest absolute Gasteiger partial charge is 0.358 e. The zero-order valence-electron chi connectivity index (χ0n) is 6.24. The van der Waals surface area contributed by atoms with E-state index in [1.54, 1.807) is 0 Å². The summed E-state index contributed by atoms with van der Waals surface area (Å²) >= 11 is 0. The number of aryl methyl sites for hydroxylation is 1. The Bertz CT molecular complexity index is 260. The summed E-state index contributed by atoms with van der Waals surface area (Å²) in [5.74, 6) is -0.619. The summed E-state index contributed by atoms with van der Waals surface area (Å²) in [6, 6.07) is 1.24. The molecule has 0 unspecified atom stereocenters. The van der Waals surface area contributed by atoms with E-state index in [2.05, 4.69) is 9.84 Å². The number of aromatic nitrogens is 2. The highest BCUT2D eigenvalue weighted by Crippen LogP contribution is 2.09. The Kier molecular flexibility index (Phi) is 1.80. The average molecular weight is 156 g/mol. The second-order valence-corrected chi connectivity index (χ2v) is 2.00. The van der Waals surface area contributed by atoms with Gasteiger partial charge in [0.2, 0.25) is 5.88 Å². The minimum atomic E-state index is -0.555. The number of aromatic hydroxyl groups is 1. The Morgan fingerprint density at radius 1 is 1.82 bits per heavy atom. The highest BCUT2D eigenvalue weighted by Gasteiger charge is 2.11. The Morgan fingerprint density at radius 2 is 2.45 bits per heavy atom. The number of rotatable bonds is 1. The summed E-state index contributed by atoms with van der Waals surface area (Å²) in [6.07, 6.45) is 0. The molecular weight excluding hydrogens is 148 g/mol. The molecule has 1 rings (SSSR count). The molecule has 1 N–H and O–H groups in total. The number of hydrogen-bond acceptors (Lipinski definition) is 4. The van der Waals surface area contributed by atoms with E-state index in [-0.39, 0.29) is 11.6 Å². The average Bonchev–Trinajstić information content (AvgIpc) is 2.31. The molecule has 0 aliphatic rings. The van der Waals surface area contributed by atoms with Crippen molar-refractivity contribution in [1.82, 2.24) is 9.78 Å². The van der Waals surface area contributed by atoms with Crippen molar-refractivity contribution in [2.45, 2.75) is 0 Å². The molecule has 0 aliphatic heterocycles. The molecule has 5 heteroatoms. The topological polar surface area (TPSA) is 64.3 Å². The zero-order valence-corrected chi connectivity index (χ0v) is 6.24. The van der Waals surface area contributed by atoms with Gasteiger partial charge in [0.1, 0.15) is 0 Å². The van der Waals surface area contributed by atoms with Crippen LogP contribution in [-0.2, 0) is 11.8 Å². The molecule has 0 spiro atoms. The van der Waals surface area contributed by atoms with E-state index in [1.807, 2.05) is 0 Å². The Labute approximate surface area is 63.2 Å². The maximum atomic E-state index is 10.8. The molecule has 0 fully saturated rings. The molecule has 0 aliphatic carbocycles. The predicted molar refractivity (Wildman–Crippen MR) is 36.2 cm³/mol. The zero-order chi connectivity index (χ0) is 8.43. The van der Waals surface area contributed by atoms with Crippen molar-refractivity contribution in [2.24, 2.45) is 7.05 Å². The number of carbonyl (C=O) groups is 1. The van der Waals surface area contributed by atoms with Gasteiger partial charge in [-0.15, -0.1) is 0 Å². The molecule has 5 nitrogen and oxygen atoms in total. The fourth-order valence-electron chi connectivity index (χ4n) is 0.662. The molecule has 0 atom stereocenters. The summed E-state index contributed by atoms with van der Waals surface area (Å²) in [5, 5.41) is 12.7. The first kappa shape index (κ1) is 7.59. The van der Waals surface area contributed by atoms with Crippen LogP contribution in [0.4, 0.5) is 0 Å². The molecule has 11 heavy (non-hydrogen) atoms. The molecule has 0 saturated carbocycles. The van der Waals surface area contributed by atoms with E-state index >= 15 is 0 Å². The van der Waals surface area contributed by atoms with Crippen molar-refractivity contribution < 1.29 is 14.6 Å². The Balaban J connectivity index is 2.97. The fraction of sp³-hybridized carbons (Fsp3) is 0.333. The Morgan fingerprint density at radius 3 is 2.82 bits per heavy atom. The first-order chi connectivity index (χ1) is 5.15. The maximum absolute atomic E-state index is 10.8. The maximum Gasteiger partial charge on any atom is 0.358 e. The van der Waals surface area contributed by atoms with E-state index in [4.69, 9.17) is 5.11 Å². The monoisotopic (exact) mass is 156 g/mol. The van der Waals surface area contributed by atoms with Crippen molar-refractivity contribution in [3.8, 4) is 5.88 Å². The van der Waals surface area contributed by atoms with Crippen LogP contribution in [0, 0.1) is 0 Å². The van der Waals surface area contributed by atoms with E-state index in [0.717, 1.165) is 0 Å². The van der Waals surface area contributed by atoms with Gasteiger partial charge >= 0.3 is 5.97 Å². The van der Waals surface area contributed by atoms with Gasteiger partial charge < -0.3 is 9.84 Å². The van der Waals surface area contributed by atoms with Crippen molar-refractivity contribution in [1.29, 1.82) is 0 Å². The van der Waals surface area contributed by atoms with Crippen molar-refractivity contribution >= 4 is 5.97 Å². The largest absolute Gasteiger partial charge is 0.493 e. The number of esters is 1. The molecule has 0 amide bonds.